The number of carbonyl (C=O) groups excluding carboxylic acids is 2. The van der Waals surface area contributed by atoms with Gasteiger partial charge in [0, 0.05) is 35.3 Å². The zero-order valence-electron chi connectivity index (χ0n) is 17.2. The molecule has 2 N–H and O–H groups in total. The van der Waals surface area contributed by atoms with E-state index in [1.807, 2.05) is 32.9 Å². The molecule has 7 heteroatoms. The predicted molar refractivity (Wildman–Crippen MR) is 115 cm³/mol. The van der Waals surface area contributed by atoms with Crippen LogP contribution in [0.15, 0.2) is 67.1 Å². The topological polar surface area (TPSA) is 93.2 Å². The van der Waals surface area contributed by atoms with E-state index >= 15 is 0 Å². The second kappa shape index (κ2) is 9.17. The number of rotatable bonds is 6. The van der Waals surface area contributed by atoms with Crippen molar-refractivity contribution >= 4 is 23.3 Å². The first-order valence-electron chi connectivity index (χ1n) is 9.52. The summed E-state index contributed by atoms with van der Waals surface area (Å²) in [5.41, 5.74) is 1.37. The molecule has 0 aliphatic carbocycles. The zero-order valence-corrected chi connectivity index (χ0v) is 17.2. The Balaban J connectivity index is 1.70. The van der Waals surface area contributed by atoms with Gasteiger partial charge >= 0.3 is 0 Å². The lowest BCUT2D eigenvalue weighted by molar-refractivity contribution is -0.123. The van der Waals surface area contributed by atoms with Crippen LogP contribution < -0.4 is 15.4 Å². The van der Waals surface area contributed by atoms with Crippen molar-refractivity contribution in [3.05, 3.63) is 78.2 Å². The third-order valence-electron chi connectivity index (χ3n) is 4.21. The van der Waals surface area contributed by atoms with E-state index in [4.69, 9.17) is 4.74 Å². The molecule has 3 aromatic rings. The Labute approximate surface area is 175 Å². The molecule has 0 saturated heterocycles. The van der Waals surface area contributed by atoms with E-state index in [1.54, 1.807) is 55.0 Å². The first-order chi connectivity index (χ1) is 14.3. The van der Waals surface area contributed by atoms with Crippen molar-refractivity contribution < 1.29 is 14.3 Å². The number of nitrogens with zero attached hydrogens (tertiary/aromatic N) is 2. The normalized spacial score (nSPS) is 10.9. The van der Waals surface area contributed by atoms with Crippen molar-refractivity contribution in [3.8, 4) is 5.75 Å². The maximum atomic E-state index is 12.7. The fourth-order valence-electron chi connectivity index (χ4n) is 2.48. The van der Waals surface area contributed by atoms with Crippen molar-refractivity contribution in [2.24, 2.45) is 5.41 Å². The largest absolute Gasteiger partial charge is 0.485 e. The summed E-state index contributed by atoms with van der Waals surface area (Å²) in [6.07, 6.45) is 4.96. The Morgan fingerprint density at radius 2 is 1.73 bits per heavy atom. The minimum atomic E-state index is -0.534. The molecule has 0 bridgehead atoms. The molecular weight excluding hydrogens is 380 g/mol. The highest BCUT2D eigenvalue weighted by Crippen LogP contribution is 2.23. The summed E-state index contributed by atoms with van der Waals surface area (Å²) in [5.74, 6) is 0.298. The highest BCUT2D eigenvalue weighted by molar-refractivity contribution is 6.05. The van der Waals surface area contributed by atoms with Gasteiger partial charge in [0.1, 0.15) is 6.61 Å². The first kappa shape index (κ1) is 21.0. The van der Waals surface area contributed by atoms with E-state index in [2.05, 4.69) is 20.6 Å². The number of anilines is 2. The van der Waals surface area contributed by atoms with E-state index in [1.165, 1.54) is 0 Å². The Kier molecular flexibility index (Phi) is 6.41. The highest BCUT2D eigenvalue weighted by Gasteiger charge is 2.21. The van der Waals surface area contributed by atoms with Crippen LogP contribution in [0.25, 0.3) is 0 Å². The lowest BCUT2D eigenvalue weighted by Gasteiger charge is -2.18. The van der Waals surface area contributed by atoms with Crippen LogP contribution in [0.1, 0.15) is 36.7 Å². The van der Waals surface area contributed by atoms with Crippen LogP contribution in [0.2, 0.25) is 0 Å². The number of amides is 2. The van der Waals surface area contributed by atoms with E-state index < -0.39 is 5.41 Å². The molecule has 1 aromatic carbocycles. The summed E-state index contributed by atoms with van der Waals surface area (Å²) in [6.45, 7) is 5.81. The highest BCUT2D eigenvalue weighted by atomic mass is 16.5. The molecule has 0 atom stereocenters. The van der Waals surface area contributed by atoms with Crippen LogP contribution in [0.3, 0.4) is 0 Å². The fourth-order valence-corrected chi connectivity index (χ4v) is 2.48. The molecule has 7 nitrogen and oxygen atoms in total. The summed E-state index contributed by atoms with van der Waals surface area (Å²) in [6, 6.07) is 13.9. The van der Waals surface area contributed by atoms with Gasteiger partial charge in [-0.15, -0.1) is 0 Å². The molecule has 0 saturated carbocycles. The maximum absolute atomic E-state index is 12.7. The molecule has 2 aromatic heterocycles. The summed E-state index contributed by atoms with van der Waals surface area (Å²) >= 11 is 0. The number of nitrogens with one attached hydrogen (secondary N) is 2. The Morgan fingerprint density at radius 3 is 2.47 bits per heavy atom. The summed E-state index contributed by atoms with van der Waals surface area (Å²) in [7, 11) is 0. The van der Waals surface area contributed by atoms with E-state index in [-0.39, 0.29) is 11.8 Å². The quantitative estimate of drug-likeness (QED) is 0.639. The third-order valence-corrected chi connectivity index (χ3v) is 4.21. The van der Waals surface area contributed by atoms with Gasteiger partial charge in [-0.1, -0.05) is 26.8 Å². The average Bonchev–Trinajstić information content (AvgIpc) is 2.73. The van der Waals surface area contributed by atoms with Crippen molar-refractivity contribution in [2.45, 2.75) is 27.4 Å². The maximum Gasteiger partial charge on any atom is 0.256 e. The molecule has 0 aliphatic rings. The number of hydrogen-bond acceptors (Lipinski definition) is 5. The molecule has 2 amide bonds. The second-order valence-corrected chi connectivity index (χ2v) is 7.73. The SMILES string of the molecule is CC(C)(C)C(=O)Nc1cccc(C(=O)Nc2ncccc2OCc2ccncc2)c1. The van der Waals surface area contributed by atoms with Gasteiger partial charge in [-0.25, -0.2) is 4.98 Å². The third kappa shape index (κ3) is 5.64. The minimum absolute atomic E-state index is 0.128. The fraction of sp³-hybridized carbons (Fsp3) is 0.217. The minimum Gasteiger partial charge on any atom is -0.485 e. The molecule has 2 heterocycles. The number of aromatic nitrogens is 2. The number of pyridine rings is 2. The number of carbonyl (C=O) groups is 2. The molecule has 3 rings (SSSR count). The molecule has 154 valence electrons. The van der Waals surface area contributed by atoms with Crippen LogP contribution in [-0.2, 0) is 11.4 Å². The number of ether oxygens (including phenoxy) is 1. The Bertz CT molecular complexity index is 1030. The summed E-state index contributed by atoms with van der Waals surface area (Å²) in [5, 5.41) is 5.60. The monoisotopic (exact) mass is 404 g/mol. The van der Waals surface area contributed by atoms with Crippen LogP contribution >= 0.6 is 0 Å². The van der Waals surface area contributed by atoms with E-state index in [9.17, 15) is 9.59 Å². The van der Waals surface area contributed by atoms with Crippen LogP contribution in [0.4, 0.5) is 11.5 Å². The number of hydrogen-bond donors (Lipinski definition) is 2. The first-order valence-corrected chi connectivity index (χ1v) is 9.52. The van der Waals surface area contributed by atoms with Gasteiger partial charge in [0.2, 0.25) is 5.91 Å². The second-order valence-electron chi connectivity index (χ2n) is 7.73. The Morgan fingerprint density at radius 1 is 0.967 bits per heavy atom. The molecule has 0 unspecified atom stereocenters. The van der Waals surface area contributed by atoms with Crippen LogP contribution in [0, 0.1) is 5.41 Å². The van der Waals surface area contributed by atoms with Gasteiger partial charge in [-0.3, -0.25) is 14.6 Å². The van der Waals surface area contributed by atoms with E-state index in [0.717, 1.165) is 5.56 Å². The van der Waals surface area contributed by atoms with Crippen LogP contribution in [0.5, 0.6) is 5.75 Å². The van der Waals surface area contributed by atoms with E-state index in [0.29, 0.717) is 29.4 Å². The van der Waals surface area contributed by atoms with Crippen molar-refractivity contribution in [1.82, 2.24) is 9.97 Å². The van der Waals surface area contributed by atoms with Gasteiger partial charge in [0.05, 0.1) is 0 Å². The van der Waals surface area contributed by atoms with Crippen molar-refractivity contribution in [2.75, 3.05) is 10.6 Å². The van der Waals surface area contributed by atoms with Gasteiger partial charge in [0.25, 0.3) is 5.91 Å². The molecule has 30 heavy (non-hydrogen) atoms. The molecule has 0 spiro atoms. The van der Waals surface area contributed by atoms with Crippen molar-refractivity contribution in [3.63, 3.8) is 0 Å². The lowest BCUT2D eigenvalue weighted by atomic mass is 9.95. The molecule has 0 aliphatic heterocycles. The average molecular weight is 404 g/mol. The van der Waals surface area contributed by atoms with Gasteiger partial charge in [-0.2, -0.15) is 0 Å². The lowest BCUT2D eigenvalue weighted by Crippen LogP contribution is -2.27. The van der Waals surface area contributed by atoms with Crippen LogP contribution in [-0.4, -0.2) is 21.8 Å². The zero-order chi connectivity index (χ0) is 21.6. The standard InChI is InChI=1S/C23H24N4O3/c1-23(2,3)22(29)26-18-7-4-6-17(14-18)21(28)27-20-19(8-5-11-25-20)30-15-16-9-12-24-13-10-16/h4-14H,15H2,1-3H3,(H,26,29)(H,25,27,28). The molecule has 0 radical (unpaired) electrons. The van der Waals surface area contributed by atoms with Crippen molar-refractivity contribution in [1.29, 1.82) is 0 Å². The summed E-state index contributed by atoms with van der Waals surface area (Å²) < 4.78 is 5.81. The van der Waals surface area contributed by atoms with Gasteiger partial charge in [-0.05, 0) is 48.0 Å². The molecular formula is C23H24N4O3. The molecule has 0 fully saturated rings. The smallest absolute Gasteiger partial charge is 0.256 e. The predicted octanol–water partition coefficient (Wildman–Crippen LogP) is 4.29. The van der Waals surface area contributed by atoms with Gasteiger partial charge < -0.3 is 15.4 Å². The van der Waals surface area contributed by atoms with Gasteiger partial charge in [0.15, 0.2) is 11.6 Å². The summed E-state index contributed by atoms with van der Waals surface area (Å²) in [4.78, 5) is 33.1. The Hall–Kier alpha value is -3.74. The number of benzene rings is 1.